The SMILES string of the molecule is CCCCOC1C(NC(=O)OCC(Cl)(Cl)Cl)[C@H](O)OC(C)[C@H]1OCCCC. The van der Waals surface area contributed by atoms with Crippen LogP contribution >= 0.6 is 34.8 Å². The highest BCUT2D eigenvalue weighted by molar-refractivity contribution is 6.67. The minimum Gasteiger partial charge on any atom is -0.445 e. The molecule has 3 unspecified atom stereocenters. The second-order valence-electron chi connectivity index (χ2n) is 6.47. The molecule has 1 fully saturated rings. The zero-order valence-corrected chi connectivity index (χ0v) is 18.2. The Hall–Kier alpha value is -0.0200. The van der Waals surface area contributed by atoms with Crippen molar-refractivity contribution in [3.63, 3.8) is 0 Å². The van der Waals surface area contributed by atoms with Gasteiger partial charge in [-0.1, -0.05) is 61.5 Å². The van der Waals surface area contributed by atoms with Crippen LogP contribution in [0.2, 0.25) is 0 Å². The highest BCUT2D eigenvalue weighted by Gasteiger charge is 2.46. The number of hydrogen-bond donors (Lipinski definition) is 2. The zero-order valence-electron chi connectivity index (χ0n) is 16.0. The largest absolute Gasteiger partial charge is 0.445 e. The summed E-state index contributed by atoms with van der Waals surface area (Å²) in [5, 5.41) is 12.9. The standard InChI is InChI=1S/C17H30Cl3NO6/c1-4-6-8-24-13-11(3)27-15(22)12(14(13)25-9-7-5-2)21-16(23)26-10-17(18,19)20/h11-15,22H,4-10H2,1-3H3,(H,21,23)/t11?,12?,13-,14?,15-/m1/s1. The number of aliphatic hydroxyl groups is 1. The molecular formula is C17H30Cl3NO6. The number of amides is 1. The number of aliphatic hydroxyl groups excluding tert-OH is 1. The molecule has 1 aliphatic rings. The third-order valence-corrected chi connectivity index (χ3v) is 4.40. The van der Waals surface area contributed by atoms with Gasteiger partial charge in [0.15, 0.2) is 6.29 Å². The van der Waals surface area contributed by atoms with Crippen LogP contribution in [0.25, 0.3) is 0 Å². The molecule has 1 saturated heterocycles. The second-order valence-corrected chi connectivity index (χ2v) is 8.99. The minimum absolute atomic E-state index is 0.404. The van der Waals surface area contributed by atoms with Gasteiger partial charge in [0.1, 0.15) is 24.9 Å². The molecule has 0 aliphatic carbocycles. The summed E-state index contributed by atoms with van der Waals surface area (Å²) in [7, 11) is 0. The quantitative estimate of drug-likeness (QED) is 0.391. The summed E-state index contributed by atoms with van der Waals surface area (Å²) in [5.74, 6) is 0. The Balaban J connectivity index is 2.81. The zero-order chi connectivity index (χ0) is 20.4. The second kappa shape index (κ2) is 12.5. The third kappa shape index (κ3) is 9.35. The van der Waals surface area contributed by atoms with Gasteiger partial charge in [0, 0.05) is 13.2 Å². The molecule has 0 aromatic rings. The average molecular weight is 451 g/mol. The van der Waals surface area contributed by atoms with Crippen LogP contribution in [0.3, 0.4) is 0 Å². The molecule has 1 heterocycles. The van der Waals surface area contributed by atoms with Crippen molar-refractivity contribution in [2.24, 2.45) is 0 Å². The summed E-state index contributed by atoms with van der Waals surface area (Å²) in [5.41, 5.74) is 0. The van der Waals surface area contributed by atoms with E-state index in [0.29, 0.717) is 13.2 Å². The number of carbonyl (C=O) groups excluding carboxylic acids is 1. The highest BCUT2D eigenvalue weighted by Crippen LogP contribution is 2.27. The molecule has 1 aliphatic heterocycles. The van der Waals surface area contributed by atoms with E-state index in [-0.39, 0.29) is 0 Å². The van der Waals surface area contributed by atoms with Gasteiger partial charge in [-0.25, -0.2) is 4.79 Å². The molecule has 0 bridgehead atoms. The fourth-order valence-corrected chi connectivity index (χ4v) is 2.81. The van der Waals surface area contributed by atoms with E-state index in [1.807, 2.05) is 6.92 Å². The molecule has 0 aromatic heterocycles. The number of halogens is 3. The van der Waals surface area contributed by atoms with Crippen LogP contribution in [0.4, 0.5) is 4.79 Å². The van der Waals surface area contributed by atoms with Gasteiger partial charge >= 0.3 is 6.09 Å². The Kier molecular flexibility index (Phi) is 11.6. The topological polar surface area (TPSA) is 86.3 Å². The first-order chi connectivity index (χ1) is 12.7. The Morgan fingerprint density at radius 1 is 1.11 bits per heavy atom. The summed E-state index contributed by atoms with van der Waals surface area (Å²) < 4.78 is 20.6. The van der Waals surface area contributed by atoms with Crippen LogP contribution < -0.4 is 5.32 Å². The lowest BCUT2D eigenvalue weighted by atomic mass is 9.97. The summed E-state index contributed by atoms with van der Waals surface area (Å²) in [4.78, 5) is 12.1. The molecule has 0 radical (unpaired) electrons. The van der Waals surface area contributed by atoms with Gasteiger partial charge in [-0.3, -0.25) is 0 Å². The molecule has 5 atom stereocenters. The van der Waals surface area contributed by atoms with E-state index in [9.17, 15) is 9.90 Å². The fourth-order valence-electron chi connectivity index (χ4n) is 2.65. The molecule has 1 amide bonds. The first-order valence-electron chi connectivity index (χ1n) is 9.26. The summed E-state index contributed by atoms with van der Waals surface area (Å²) in [6.45, 7) is 6.48. The Bertz CT molecular complexity index is 437. The van der Waals surface area contributed by atoms with Gasteiger partial charge in [0.25, 0.3) is 0 Å². The van der Waals surface area contributed by atoms with Gasteiger partial charge in [0.05, 0.1) is 6.10 Å². The van der Waals surface area contributed by atoms with Crippen LogP contribution in [-0.2, 0) is 18.9 Å². The Morgan fingerprint density at radius 3 is 2.19 bits per heavy atom. The van der Waals surface area contributed by atoms with Crippen molar-refractivity contribution in [2.75, 3.05) is 19.8 Å². The van der Waals surface area contributed by atoms with E-state index < -0.39 is 47.1 Å². The lowest BCUT2D eigenvalue weighted by molar-refractivity contribution is -0.260. The van der Waals surface area contributed by atoms with Crippen molar-refractivity contribution in [3.8, 4) is 0 Å². The maximum atomic E-state index is 12.1. The van der Waals surface area contributed by atoms with Gasteiger partial charge in [0.2, 0.25) is 3.79 Å². The molecule has 7 nitrogen and oxygen atoms in total. The molecule has 0 saturated carbocycles. The number of rotatable bonds is 10. The Labute approximate surface area is 175 Å². The van der Waals surface area contributed by atoms with E-state index in [1.165, 1.54) is 0 Å². The lowest BCUT2D eigenvalue weighted by Crippen LogP contribution is -2.64. The Morgan fingerprint density at radius 2 is 1.67 bits per heavy atom. The van der Waals surface area contributed by atoms with Crippen molar-refractivity contribution in [2.45, 2.75) is 80.9 Å². The van der Waals surface area contributed by atoms with Crippen LogP contribution in [0.15, 0.2) is 0 Å². The normalized spacial score (nSPS) is 28.8. The summed E-state index contributed by atoms with van der Waals surface area (Å²) in [6.07, 6.45) is 0.0766. The maximum absolute atomic E-state index is 12.1. The number of nitrogens with one attached hydrogen (secondary N) is 1. The molecule has 27 heavy (non-hydrogen) atoms. The molecule has 10 heteroatoms. The van der Waals surface area contributed by atoms with Gasteiger partial charge in [-0.15, -0.1) is 0 Å². The fraction of sp³-hybridized carbons (Fsp3) is 0.941. The summed E-state index contributed by atoms with van der Waals surface area (Å²) in [6, 6.07) is -0.882. The number of ether oxygens (including phenoxy) is 4. The molecular weight excluding hydrogens is 421 g/mol. The maximum Gasteiger partial charge on any atom is 0.407 e. The first-order valence-corrected chi connectivity index (χ1v) is 10.4. The number of hydrogen-bond acceptors (Lipinski definition) is 6. The van der Waals surface area contributed by atoms with E-state index in [4.69, 9.17) is 53.8 Å². The number of unbranched alkanes of at least 4 members (excludes halogenated alkanes) is 2. The van der Waals surface area contributed by atoms with E-state index in [0.717, 1.165) is 25.7 Å². The van der Waals surface area contributed by atoms with Crippen LogP contribution in [0, 0.1) is 0 Å². The van der Waals surface area contributed by atoms with Gasteiger partial charge in [-0.2, -0.15) is 0 Å². The van der Waals surface area contributed by atoms with Crippen LogP contribution in [0.1, 0.15) is 46.5 Å². The third-order valence-electron chi connectivity index (χ3n) is 4.07. The molecule has 160 valence electrons. The molecule has 0 spiro atoms. The van der Waals surface area contributed by atoms with Crippen LogP contribution in [0.5, 0.6) is 0 Å². The van der Waals surface area contributed by atoms with Gasteiger partial charge in [-0.05, 0) is 19.8 Å². The molecule has 2 N–H and O–H groups in total. The van der Waals surface area contributed by atoms with Crippen molar-refractivity contribution in [1.82, 2.24) is 5.32 Å². The highest BCUT2D eigenvalue weighted by atomic mass is 35.6. The average Bonchev–Trinajstić information content (AvgIpc) is 2.58. The predicted molar refractivity (Wildman–Crippen MR) is 104 cm³/mol. The molecule has 0 aromatic carbocycles. The van der Waals surface area contributed by atoms with E-state index in [2.05, 4.69) is 12.2 Å². The van der Waals surface area contributed by atoms with Gasteiger partial charge < -0.3 is 29.4 Å². The molecule has 1 rings (SSSR count). The van der Waals surface area contributed by atoms with E-state index >= 15 is 0 Å². The van der Waals surface area contributed by atoms with Crippen molar-refractivity contribution in [3.05, 3.63) is 0 Å². The number of carbonyl (C=O) groups is 1. The lowest BCUT2D eigenvalue weighted by Gasteiger charge is -2.43. The van der Waals surface area contributed by atoms with E-state index in [1.54, 1.807) is 6.92 Å². The monoisotopic (exact) mass is 449 g/mol. The smallest absolute Gasteiger partial charge is 0.407 e. The number of alkyl carbamates (subject to hydrolysis) is 1. The van der Waals surface area contributed by atoms with Crippen LogP contribution in [-0.4, -0.2) is 65.5 Å². The van der Waals surface area contributed by atoms with Crippen molar-refractivity contribution < 1.29 is 28.8 Å². The predicted octanol–water partition coefficient (Wildman–Crippen LogP) is 3.56. The minimum atomic E-state index is -1.73. The van der Waals surface area contributed by atoms with Crippen molar-refractivity contribution >= 4 is 40.9 Å². The summed E-state index contributed by atoms with van der Waals surface area (Å²) >= 11 is 16.7. The first kappa shape index (κ1) is 25.0. The number of alkyl halides is 3. The van der Waals surface area contributed by atoms with Crippen molar-refractivity contribution in [1.29, 1.82) is 0 Å².